The van der Waals surface area contributed by atoms with E-state index in [1.807, 2.05) is 6.92 Å². The van der Waals surface area contributed by atoms with Gasteiger partial charge in [-0.1, -0.05) is 11.6 Å². The van der Waals surface area contributed by atoms with Crippen LogP contribution in [0.15, 0.2) is 21.6 Å². The van der Waals surface area contributed by atoms with E-state index >= 15 is 0 Å². The highest BCUT2D eigenvalue weighted by Crippen LogP contribution is 2.32. The maximum atomic E-state index is 5.98. The minimum atomic E-state index is 0.535. The number of rotatable bonds is 2. The van der Waals surface area contributed by atoms with Gasteiger partial charge in [-0.15, -0.1) is 0 Å². The zero-order valence-electron chi connectivity index (χ0n) is 7.77. The van der Waals surface area contributed by atoms with Gasteiger partial charge in [0.25, 0.3) is 0 Å². The van der Waals surface area contributed by atoms with Gasteiger partial charge < -0.3 is 5.73 Å². The number of pyridine rings is 1. The second kappa shape index (κ2) is 4.34. The molecule has 0 amide bonds. The highest BCUT2D eigenvalue weighted by atomic mass is 35.5. The van der Waals surface area contributed by atoms with Gasteiger partial charge in [-0.2, -0.15) is 4.37 Å². The van der Waals surface area contributed by atoms with Gasteiger partial charge in [0.2, 0.25) is 0 Å². The first-order valence-corrected chi connectivity index (χ1v) is 6.01. The lowest BCUT2D eigenvalue weighted by molar-refractivity contribution is 1.09. The molecule has 0 fully saturated rings. The van der Waals surface area contributed by atoms with E-state index in [0.717, 1.165) is 10.2 Å². The fourth-order valence-corrected chi connectivity index (χ4v) is 2.73. The predicted molar refractivity (Wildman–Crippen MR) is 62.4 cm³/mol. The van der Waals surface area contributed by atoms with Crippen LogP contribution in [0.25, 0.3) is 0 Å². The van der Waals surface area contributed by atoms with Crippen molar-refractivity contribution in [3.8, 4) is 0 Å². The fraction of sp³-hybridized carbons (Fsp3) is 0.125. The van der Waals surface area contributed by atoms with Gasteiger partial charge >= 0.3 is 0 Å². The molecule has 0 bridgehead atoms. The molecule has 4 nitrogen and oxygen atoms in total. The number of halogens is 1. The maximum Gasteiger partial charge on any atom is 0.176 e. The molecule has 2 N–H and O–H groups in total. The van der Waals surface area contributed by atoms with Crippen molar-refractivity contribution in [3.63, 3.8) is 0 Å². The molecule has 0 unspecified atom stereocenters. The molecule has 2 aromatic heterocycles. The fourth-order valence-electron chi connectivity index (χ4n) is 0.917. The second-order valence-electron chi connectivity index (χ2n) is 2.77. The molecule has 2 rings (SSSR count). The lowest BCUT2D eigenvalue weighted by Gasteiger charge is -2.00. The standard InChI is InChI=1S/C8H7ClN4S2/c1-4-12-8(15-13-4)14-7-6(9)2-5(10)3-11-7/h2-3H,10H2,1H3. The topological polar surface area (TPSA) is 64.7 Å². The minimum Gasteiger partial charge on any atom is -0.397 e. The van der Waals surface area contributed by atoms with Crippen LogP contribution in [0.3, 0.4) is 0 Å². The number of nitrogens with zero attached hydrogens (tertiary/aromatic N) is 3. The molecular weight excluding hydrogens is 252 g/mol. The lowest BCUT2D eigenvalue weighted by Crippen LogP contribution is -1.88. The van der Waals surface area contributed by atoms with Crippen LogP contribution in [0, 0.1) is 6.92 Å². The van der Waals surface area contributed by atoms with Gasteiger partial charge in [0.05, 0.1) is 16.9 Å². The average molecular weight is 259 g/mol. The summed E-state index contributed by atoms with van der Waals surface area (Å²) in [6.07, 6.45) is 1.57. The number of hydrogen-bond acceptors (Lipinski definition) is 6. The van der Waals surface area contributed by atoms with Crippen LogP contribution in [0.1, 0.15) is 5.82 Å². The first kappa shape index (κ1) is 10.7. The Hall–Kier alpha value is -0.850. The highest BCUT2D eigenvalue weighted by molar-refractivity contribution is 8.01. The van der Waals surface area contributed by atoms with Crippen LogP contribution in [0.2, 0.25) is 5.02 Å². The van der Waals surface area contributed by atoms with Crippen molar-refractivity contribution in [1.29, 1.82) is 0 Å². The van der Waals surface area contributed by atoms with Crippen molar-refractivity contribution in [1.82, 2.24) is 14.3 Å². The van der Waals surface area contributed by atoms with E-state index in [4.69, 9.17) is 17.3 Å². The Balaban J connectivity index is 2.24. The molecule has 0 atom stereocenters. The molecule has 0 aromatic carbocycles. The minimum absolute atomic E-state index is 0.535. The summed E-state index contributed by atoms with van der Waals surface area (Å²) in [7, 11) is 0. The molecule has 2 aromatic rings. The van der Waals surface area contributed by atoms with Crippen LogP contribution in [-0.2, 0) is 0 Å². The average Bonchev–Trinajstić information content (AvgIpc) is 2.56. The van der Waals surface area contributed by atoms with Crippen LogP contribution in [0.4, 0.5) is 5.69 Å². The van der Waals surface area contributed by atoms with E-state index in [2.05, 4.69) is 14.3 Å². The summed E-state index contributed by atoms with van der Waals surface area (Å²) in [4.78, 5) is 8.34. The maximum absolute atomic E-state index is 5.98. The lowest BCUT2D eigenvalue weighted by atomic mass is 10.4. The van der Waals surface area contributed by atoms with Crippen molar-refractivity contribution in [2.24, 2.45) is 0 Å². The molecule has 0 radical (unpaired) electrons. The molecule has 0 saturated carbocycles. The van der Waals surface area contributed by atoms with Crippen molar-refractivity contribution in [2.45, 2.75) is 16.3 Å². The number of aromatic nitrogens is 3. The summed E-state index contributed by atoms with van der Waals surface area (Å²) >= 11 is 8.70. The summed E-state index contributed by atoms with van der Waals surface area (Å²) in [5, 5.41) is 1.23. The second-order valence-corrected chi connectivity index (χ2v) is 5.16. The van der Waals surface area contributed by atoms with Crippen molar-refractivity contribution in [2.75, 3.05) is 5.73 Å². The molecule has 15 heavy (non-hydrogen) atoms. The Kier molecular flexibility index (Phi) is 3.08. The normalized spacial score (nSPS) is 10.5. The zero-order valence-corrected chi connectivity index (χ0v) is 10.2. The zero-order chi connectivity index (χ0) is 10.8. The summed E-state index contributed by atoms with van der Waals surface area (Å²) < 4.78 is 4.90. The predicted octanol–water partition coefficient (Wildman–Crippen LogP) is 2.63. The number of nitrogen functional groups attached to an aromatic ring is 1. The van der Waals surface area contributed by atoms with E-state index < -0.39 is 0 Å². The van der Waals surface area contributed by atoms with Gasteiger partial charge in [-0.3, -0.25) is 0 Å². The molecule has 7 heteroatoms. The molecule has 0 aliphatic heterocycles. The largest absolute Gasteiger partial charge is 0.397 e. The Labute approximate surface area is 100 Å². The Bertz CT molecular complexity index is 485. The number of aryl methyl sites for hydroxylation is 1. The van der Waals surface area contributed by atoms with Gasteiger partial charge in [-0.25, -0.2) is 9.97 Å². The Morgan fingerprint density at radius 3 is 2.93 bits per heavy atom. The van der Waals surface area contributed by atoms with Crippen molar-refractivity contribution >= 4 is 40.6 Å². The summed E-state index contributed by atoms with van der Waals surface area (Å²) in [5.74, 6) is 0.758. The molecule has 0 spiro atoms. The van der Waals surface area contributed by atoms with E-state index in [-0.39, 0.29) is 0 Å². The Morgan fingerprint density at radius 1 is 1.53 bits per heavy atom. The quantitative estimate of drug-likeness (QED) is 0.897. The highest BCUT2D eigenvalue weighted by Gasteiger charge is 2.08. The summed E-state index contributed by atoms with van der Waals surface area (Å²) in [5.41, 5.74) is 6.10. The summed E-state index contributed by atoms with van der Waals surface area (Å²) in [6.45, 7) is 1.85. The number of nitrogens with two attached hydrogens (primary N) is 1. The monoisotopic (exact) mass is 258 g/mol. The van der Waals surface area contributed by atoms with E-state index in [0.29, 0.717) is 15.7 Å². The van der Waals surface area contributed by atoms with Gasteiger partial charge in [0, 0.05) is 0 Å². The Morgan fingerprint density at radius 2 is 2.33 bits per heavy atom. The summed E-state index contributed by atoms with van der Waals surface area (Å²) in [6, 6.07) is 1.67. The van der Waals surface area contributed by atoms with Crippen molar-refractivity contribution < 1.29 is 0 Å². The third-order valence-electron chi connectivity index (χ3n) is 1.52. The SMILES string of the molecule is Cc1nsc(Sc2ncc(N)cc2Cl)n1. The first-order chi connectivity index (χ1) is 7.15. The van der Waals surface area contributed by atoms with Crippen LogP contribution < -0.4 is 5.73 Å². The van der Waals surface area contributed by atoms with E-state index in [1.165, 1.54) is 23.3 Å². The molecular formula is C8H7ClN4S2. The smallest absolute Gasteiger partial charge is 0.176 e. The molecule has 2 heterocycles. The van der Waals surface area contributed by atoms with Gasteiger partial charge in [0.15, 0.2) is 4.34 Å². The van der Waals surface area contributed by atoms with Crippen molar-refractivity contribution in [3.05, 3.63) is 23.1 Å². The molecule has 0 aliphatic rings. The van der Waals surface area contributed by atoms with E-state index in [1.54, 1.807) is 12.3 Å². The third-order valence-corrected chi connectivity index (χ3v) is 3.78. The molecule has 78 valence electrons. The molecule has 0 saturated heterocycles. The van der Waals surface area contributed by atoms with E-state index in [9.17, 15) is 0 Å². The molecule has 0 aliphatic carbocycles. The number of anilines is 1. The van der Waals surface area contributed by atoms with Crippen LogP contribution in [-0.4, -0.2) is 14.3 Å². The first-order valence-electron chi connectivity index (χ1n) is 4.04. The third kappa shape index (κ3) is 2.58. The van der Waals surface area contributed by atoms with Gasteiger partial charge in [0.1, 0.15) is 10.9 Å². The van der Waals surface area contributed by atoms with Crippen LogP contribution >= 0.6 is 34.9 Å². The number of hydrogen-bond donors (Lipinski definition) is 1. The van der Waals surface area contributed by atoms with Crippen LogP contribution in [0.5, 0.6) is 0 Å². The van der Waals surface area contributed by atoms with Gasteiger partial charge in [-0.05, 0) is 36.3 Å².